The van der Waals surface area contributed by atoms with Crippen LogP contribution >= 0.6 is 0 Å². The van der Waals surface area contributed by atoms with Gasteiger partial charge in [0.2, 0.25) is 5.88 Å². The van der Waals surface area contributed by atoms with E-state index in [-0.39, 0.29) is 24.8 Å². The molecule has 2 atom stereocenters. The predicted octanol–water partition coefficient (Wildman–Crippen LogP) is 4.44. The van der Waals surface area contributed by atoms with Gasteiger partial charge < -0.3 is 14.2 Å². The molecule has 0 radical (unpaired) electrons. The van der Waals surface area contributed by atoms with E-state index in [1.54, 1.807) is 7.11 Å². The number of carbonyl (C=O) groups is 1. The number of methoxy groups -OCH3 is 1. The van der Waals surface area contributed by atoms with E-state index >= 15 is 0 Å². The summed E-state index contributed by atoms with van der Waals surface area (Å²) >= 11 is 0. The number of amides is 1. The number of hydrogen-bond acceptors (Lipinski definition) is 5. The van der Waals surface area contributed by atoms with Crippen LogP contribution in [0.25, 0.3) is 16.5 Å². The van der Waals surface area contributed by atoms with Crippen molar-refractivity contribution in [1.29, 1.82) is 0 Å². The Kier molecular flexibility index (Phi) is 5.30. The molecule has 2 aliphatic rings. The van der Waals surface area contributed by atoms with Gasteiger partial charge in [-0.2, -0.15) is 0 Å². The average molecular weight is 416 g/mol. The van der Waals surface area contributed by atoms with Crippen molar-refractivity contribution in [2.24, 2.45) is 0 Å². The smallest absolute Gasteiger partial charge is 0.411 e. The molecule has 1 saturated heterocycles. The second-order valence-electron chi connectivity index (χ2n) is 7.86. The van der Waals surface area contributed by atoms with E-state index in [4.69, 9.17) is 14.2 Å². The molecule has 6 nitrogen and oxygen atoms in total. The van der Waals surface area contributed by atoms with E-state index in [1.165, 1.54) is 5.57 Å². The highest BCUT2D eigenvalue weighted by Gasteiger charge is 2.39. The first-order chi connectivity index (χ1) is 15.2. The molecule has 3 heterocycles. The maximum absolute atomic E-state index is 12.9. The number of pyridine rings is 1. The minimum atomic E-state index is -0.285. The highest BCUT2D eigenvalue weighted by atomic mass is 16.6. The van der Waals surface area contributed by atoms with Crippen LogP contribution in [0.3, 0.4) is 0 Å². The SMILES string of the molecule is COc1ccc2cc(C3=CC4COCC(C3)N4C(=O)OCc3ccccc3)ccc2n1. The van der Waals surface area contributed by atoms with Crippen LogP contribution in [0.1, 0.15) is 17.5 Å². The van der Waals surface area contributed by atoms with Crippen LogP contribution in [0.5, 0.6) is 5.88 Å². The zero-order valence-electron chi connectivity index (χ0n) is 17.4. The van der Waals surface area contributed by atoms with Crippen molar-refractivity contribution in [3.05, 3.63) is 77.9 Å². The minimum absolute atomic E-state index is 0.0355. The fourth-order valence-electron chi connectivity index (χ4n) is 4.31. The Balaban J connectivity index is 1.36. The highest BCUT2D eigenvalue weighted by molar-refractivity contribution is 5.84. The fraction of sp³-hybridized carbons (Fsp3) is 0.280. The third kappa shape index (κ3) is 3.99. The molecular formula is C25H24N2O4. The van der Waals surface area contributed by atoms with Crippen molar-refractivity contribution in [1.82, 2.24) is 9.88 Å². The lowest BCUT2D eigenvalue weighted by atomic mass is 9.89. The van der Waals surface area contributed by atoms with E-state index in [1.807, 2.05) is 53.4 Å². The molecule has 5 rings (SSSR count). The van der Waals surface area contributed by atoms with E-state index in [0.717, 1.165) is 28.5 Å². The van der Waals surface area contributed by atoms with Crippen molar-refractivity contribution in [2.45, 2.75) is 25.1 Å². The Bertz CT molecular complexity index is 1130. The van der Waals surface area contributed by atoms with Gasteiger partial charge in [0, 0.05) is 11.5 Å². The maximum atomic E-state index is 12.9. The highest BCUT2D eigenvalue weighted by Crippen LogP contribution is 2.34. The number of carbonyl (C=O) groups excluding carboxylic acids is 1. The topological polar surface area (TPSA) is 60.9 Å². The first-order valence-electron chi connectivity index (χ1n) is 10.4. The van der Waals surface area contributed by atoms with Crippen LogP contribution < -0.4 is 4.74 Å². The van der Waals surface area contributed by atoms with Gasteiger partial charge in [-0.25, -0.2) is 9.78 Å². The monoisotopic (exact) mass is 416 g/mol. The largest absolute Gasteiger partial charge is 0.481 e. The number of rotatable bonds is 4. The molecule has 31 heavy (non-hydrogen) atoms. The van der Waals surface area contributed by atoms with Crippen LogP contribution in [0, 0.1) is 0 Å². The standard InChI is InChI=1S/C25H24N2O4/c1-29-24-10-8-19-11-18(7-9-23(19)26-24)20-12-21-15-30-16-22(13-20)27(21)25(28)31-14-17-5-3-2-4-6-17/h2-12,21-22H,13-16H2,1H3. The number of hydrogen-bond donors (Lipinski definition) is 0. The summed E-state index contributed by atoms with van der Waals surface area (Å²) in [6.45, 7) is 1.27. The van der Waals surface area contributed by atoms with E-state index in [2.05, 4.69) is 23.2 Å². The number of morpholine rings is 1. The molecule has 1 aromatic heterocycles. The molecule has 2 aliphatic heterocycles. The van der Waals surface area contributed by atoms with Crippen molar-refractivity contribution >= 4 is 22.6 Å². The van der Waals surface area contributed by atoms with Crippen LogP contribution in [0.15, 0.2) is 66.7 Å². The zero-order chi connectivity index (χ0) is 21.2. The third-order valence-corrected chi connectivity index (χ3v) is 5.86. The Morgan fingerprint density at radius 3 is 2.81 bits per heavy atom. The summed E-state index contributed by atoms with van der Waals surface area (Å²) in [5.41, 5.74) is 4.25. The number of fused-ring (bicyclic) bond motifs is 3. The van der Waals surface area contributed by atoms with Crippen molar-refractivity contribution < 1.29 is 19.0 Å². The molecule has 2 unspecified atom stereocenters. The normalized spacial score (nSPS) is 20.3. The van der Waals surface area contributed by atoms with Crippen molar-refractivity contribution in [2.75, 3.05) is 20.3 Å². The summed E-state index contributed by atoms with van der Waals surface area (Å²) in [6.07, 6.45) is 2.58. The summed E-state index contributed by atoms with van der Waals surface area (Å²) in [5.74, 6) is 0.605. The zero-order valence-corrected chi connectivity index (χ0v) is 17.4. The van der Waals surface area contributed by atoms with Gasteiger partial charge in [0.05, 0.1) is 37.9 Å². The molecule has 3 aromatic rings. The second-order valence-corrected chi connectivity index (χ2v) is 7.86. The van der Waals surface area contributed by atoms with Crippen molar-refractivity contribution in [3.8, 4) is 5.88 Å². The van der Waals surface area contributed by atoms with Gasteiger partial charge in [-0.3, -0.25) is 4.90 Å². The van der Waals surface area contributed by atoms with Gasteiger partial charge in [0.1, 0.15) is 6.61 Å². The molecule has 0 N–H and O–H groups in total. The van der Waals surface area contributed by atoms with Crippen LogP contribution in [0.2, 0.25) is 0 Å². The summed E-state index contributed by atoms with van der Waals surface area (Å²) in [7, 11) is 1.62. The molecule has 0 saturated carbocycles. The maximum Gasteiger partial charge on any atom is 0.411 e. The molecule has 2 aromatic carbocycles. The first-order valence-corrected chi connectivity index (χ1v) is 10.4. The molecule has 1 amide bonds. The Hall–Kier alpha value is -3.38. The van der Waals surface area contributed by atoms with E-state index in [0.29, 0.717) is 19.1 Å². The number of benzene rings is 2. The van der Waals surface area contributed by atoms with Gasteiger partial charge in [-0.15, -0.1) is 0 Å². The van der Waals surface area contributed by atoms with E-state index < -0.39 is 0 Å². The molecule has 158 valence electrons. The fourth-order valence-corrected chi connectivity index (χ4v) is 4.31. The molecule has 0 spiro atoms. The van der Waals surface area contributed by atoms with Crippen LogP contribution in [0.4, 0.5) is 4.79 Å². The Labute approximate surface area is 181 Å². The average Bonchev–Trinajstić information content (AvgIpc) is 2.81. The molecular weight excluding hydrogens is 392 g/mol. The molecule has 0 aliphatic carbocycles. The van der Waals surface area contributed by atoms with Gasteiger partial charge in [0.25, 0.3) is 0 Å². The first kappa shape index (κ1) is 19.6. The number of nitrogens with zero attached hydrogens (tertiary/aromatic N) is 2. The van der Waals surface area contributed by atoms with Gasteiger partial charge in [-0.1, -0.05) is 42.5 Å². The lowest BCUT2D eigenvalue weighted by Gasteiger charge is -2.43. The minimum Gasteiger partial charge on any atom is -0.481 e. The number of aromatic nitrogens is 1. The molecule has 1 fully saturated rings. The number of ether oxygens (including phenoxy) is 3. The summed E-state index contributed by atoms with van der Waals surface area (Å²) in [6, 6.07) is 19.7. The van der Waals surface area contributed by atoms with Gasteiger partial charge in [0.15, 0.2) is 0 Å². The van der Waals surface area contributed by atoms with Gasteiger partial charge in [-0.05, 0) is 41.3 Å². The second kappa shape index (κ2) is 8.40. The van der Waals surface area contributed by atoms with Crippen LogP contribution in [-0.2, 0) is 16.1 Å². The van der Waals surface area contributed by atoms with E-state index in [9.17, 15) is 4.79 Å². The quantitative estimate of drug-likeness (QED) is 0.629. The van der Waals surface area contributed by atoms with Gasteiger partial charge >= 0.3 is 6.09 Å². The molecule has 2 bridgehead atoms. The summed E-state index contributed by atoms with van der Waals surface area (Å²) < 4.78 is 16.6. The summed E-state index contributed by atoms with van der Waals surface area (Å²) in [5, 5.41) is 1.06. The molecule has 6 heteroatoms. The summed E-state index contributed by atoms with van der Waals surface area (Å²) in [4.78, 5) is 19.2. The predicted molar refractivity (Wildman–Crippen MR) is 118 cm³/mol. The lowest BCUT2D eigenvalue weighted by molar-refractivity contribution is -0.0342. The van der Waals surface area contributed by atoms with Crippen molar-refractivity contribution in [3.63, 3.8) is 0 Å². The third-order valence-electron chi connectivity index (χ3n) is 5.86. The van der Waals surface area contributed by atoms with Crippen LogP contribution in [-0.4, -0.2) is 48.4 Å². The Morgan fingerprint density at radius 1 is 1.13 bits per heavy atom. The Morgan fingerprint density at radius 2 is 2.00 bits per heavy atom. The lowest BCUT2D eigenvalue weighted by Crippen LogP contribution is -2.56.